The molecule has 166 valence electrons. The summed E-state index contributed by atoms with van der Waals surface area (Å²) in [5.41, 5.74) is 1.35. The molecule has 0 aliphatic rings. The van der Waals surface area contributed by atoms with Crippen molar-refractivity contribution in [2.24, 2.45) is 0 Å². The van der Waals surface area contributed by atoms with E-state index in [2.05, 4.69) is 20.8 Å². The molecule has 6 nitrogen and oxygen atoms in total. The summed E-state index contributed by atoms with van der Waals surface area (Å²) in [6.07, 6.45) is 0. The van der Waals surface area contributed by atoms with Gasteiger partial charge < -0.3 is 5.32 Å². The zero-order chi connectivity index (χ0) is 23.2. The third kappa shape index (κ3) is 5.82. The number of amides is 2. The maximum Gasteiger partial charge on any atom is 0.258 e. The Balaban J connectivity index is 1.48. The summed E-state index contributed by atoms with van der Waals surface area (Å²) in [6.45, 7) is 1.82. The van der Waals surface area contributed by atoms with E-state index in [1.165, 1.54) is 41.3 Å². The summed E-state index contributed by atoms with van der Waals surface area (Å²) in [6, 6.07) is 22.3. The van der Waals surface area contributed by atoms with E-state index in [0.717, 1.165) is 15.5 Å². The summed E-state index contributed by atoms with van der Waals surface area (Å²) in [5.74, 6) is -1.31. The average Bonchev–Trinajstić information content (AvgIpc) is 3.23. The van der Waals surface area contributed by atoms with Crippen LogP contribution in [0.15, 0.2) is 83.8 Å². The van der Waals surface area contributed by atoms with Crippen molar-refractivity contribution in [1.82, 2.24) is 10.2 Å². The predicted octanol–water partition coefficient (Wildman–Crippen LogP) is 5.71. The van der Waals surface area contributed by atoms with Crippen LogP contribution < -0.4 is 10.6 Å². The Bertz CT molecular complexity index is 1260. The summed E-state index contributed by atoms with van der Waals surface area (Å²) in [4.78, 5) is 26.2. The second-order valence-electron chi connectivity index (χ2n) is 6.98. The Hall–Kier alpha value is -3.56. The lowest BCUT2D eigenvalue weighted by atomic mass is 10.1. The summed E-state index contributed by atoms with van der Waals surface area (Å²) < 4.78 is 13.8. The Morgan fingerprint density at radius 3 is 2.27 bits per heavy atom. The lowest BCUT2D eigenvalue weighted by Crippen LogP contribution is -2.19. The number of rotatable bonds is 7. The van der Waals surface area contributed by atoms with E-state index >= 15 is 0 Å². The van der Waals surface area contributed by atoms with E-state index in [-0.39, 0.29) is 11.5 Å². The molecule has 0 saturated heterocycles. The van der Waals surface area contributed by atoms with Crippen LogP contribution in [0.25, 0.3) is 0 Å². The summed E-state index contributed by atoms with van der Waals surface area (Å²) in [5, 5.41) is 14.1. The molecule has 1 atom stereocenters. The van der Waals surface area contributed by atoms with Gasteiger partial charge in [0, 0.05) is 10.6 Å². The zero-order valence-electron chi connectivity index (χ0n) is 17.5. The number of nitrogens with zero attached hydrogens (tertiary/aromatic N) is 2. The van der Waals surface area contributed by atoms with E-state index in [1.807, 2.05) is 37.3 Å². The van der Waals surface area contributed by atoms with E-state index in [1.54, 1.807) is 30.3 Å². The molecule has 1 heterocycles. The Morgan fingerprint density at radius 1 is 0.909 bits per heavy atom. The van der Waals surface area contributed by atoms with Gasteiger partial charge in [-0.1, -0.05) is 53.8 Å². The fourth-order valence-electron chi connectivity index (χ4n) is 3.02. The molecule has 0 saturated carbocycles. The van der Waals surface area contributed by atoms with Crippen molar-refractivity contribution in [2.75, 3.05) is 10.6 Å². The molecule has 0 fully saturated rings. The van der Waals surface area contributed by atoms with Gasteiger partial charge in [-0.05, 0) is 48.9 Å². The highest BCUT2D eigenvalue weighted by Gasteiger charge is 2.23. The highest BCUT2D eigenvalue weighted by Crippen LogP contribution is 2.37. The number of carbonyl (C=O) groups is 2. The Labute approximate surface area is 198 Å². The number of aromatic nitrogens is 2. The number of benzene rings is 3. The lowest BCUT2D eigenvalue weighted by molar-refractivity contribution is -0.115. The molecular weight excluding hydrogens is 459 g/mol. The fourth-order valence-corrected chi connectivity index (χ4v) is 4.63. The number of aryl methyl sites for hydroxylation is 1. The van der Waals surface area contributed by atoms with Crippen molar-refractivity contribution in [3.63, 3.8) is 0 Å². The second kappa shape index (κ2) is 10.4. The van der Waals surface area contributed by atoms with Crippen LogP contribution >= 0.6 is 23.1 Å². The highest BCUT2D eigenvalue weighted by atomic mass is 32.2. The van der Waals surface area contributed by atoms with Crippen LogP contribution in [0, 0.1) is 12.7 Å². The van der Waals surface area contributed by atoms with Gasteiger partial charge in [0.25, 0.3) is 5.91 Å². The molecule has 0 aliphatic heterocycles. The van der Waals surface area contributed by atoms with Gasteiger partial charge in [-0.3, -0.25) is 14.9 Å². The smallest absolute Gasteiger partial charge is 0.258 e. The first kappa shape index (κ1) is 22.6. The van der Waals surface area contributed by atoms with Gasteiger partial charge in [0.2, 0.25) is 11.0 Å². The highest BCUT2D eigenvalue weighted by molar-refractivity contribution is 8.00. The number of anilines is 2. The predicted molar refractivity (Wildman–Crippen MR) is 129 cm³/mol. The minimum absolute atomic E-state index is 0.0244. The molecule has 0 radical (unpaired) electrons. The van der Waals surface area contributed by atoms with Crippen LogP contribution in [0.1, 0.15) is 26.2 Å². The van der Waals surface area contributed by atoms with Gasteiger partial charge in [0.15, 0.2) is 0 Å². The van der Waals surface area contributed by atoms with E-state index in [0.29, 0.717) is 10.8 Å². The first-order valence-electron chi connectivity index (χ1n) is 9.98. The van der Waals surface area contributed by atoms with Crippen LogP contribution in [-0.2, 0) is 4.79 Å². The van der Waals surface area contributed by atoms with Crippen LogP contribution in [0.5, 0.6) is 0 Å². The van der Waals surface area contributed by atoms with Crippen LogP contribution in [0.4, 0.5) is 15.2 Å². The standard InChI is InChI=1S/C24H19FN4O2S2/c1-15-28-29-24(32-15)27-23(31)21(16-7-3-2-4-8-16)33-18-13-11-17(12-14-18)26-22(30)19-9-5-6-10-20(19)25/h2-14,21H,1H3,(H,26,30)(H,27,29,31). The summed E-state index contributed by atoms with van der Waals surface area (Å²) in [7, 11) is 0. The largest absolute Gasteiger partial charge is 0.322 e. The Kier molecular flexibility index (Phi) is 7.11. The number of carbonyl (C=O) groups excluding carboxylic acids is 2. The fraction of sp³-hybridized carbons (Fsp3) is 0.0833. The van der Waals surface area contributed by atoms with Crippen LogP contribution in [0.2, 0.25) is 0 Å². The molecule has 1 aromatic heterocycles. The van der Waals surface area contributed by atoms with Crippen molar-refractivity contribution in [3.05, 3.63) is 101 Å². The molecule has 2 amide bonds. The van der Waals surface area contributed by atoms with Gasteiger partial charge in [-0.2, -0.15) is 0 Å². The van der Waals surface area contributed by atoms with Gasteiger partial charge in [0.1, 0.15) is 16.1 Å². The SMILES string of the molecule is Cc1nnc(NC(=O)C(Sc2ccc(NC(=O)c3ccccc3F)cc2)c2ccccc2)s1. The van der Waals surface area contributed by atoms with Gasteiger partial charge in [-0.25, -0.2) is 4.39 Å². The number of thioether (sulfide) groups is 1. The normalized spacial score (nSPS) is 11.6. The third-order valence-electron chi connectivity index (χ3n) is 4.58. The van der Waals surface area contributed by atoms with Gasteiger partial charge in [-0.15, -0.1) is 22.0 Å². The number of nitrogens with one attached hydrogen (secondary N) is 2. The summed E-state index contributed by atoms with van der Waals surface area (Å²) >= 11 is 2.69. The number of halogens is 1. The van der Waals surface area contributed by atoms with E-state index in [9.17, 15) is 14.0 Å². The minimum atomic E-state index is -0.579. The molecule has 0 aliphatic carbocycles. The topological polar surface area (TPSA) is 84.0 Å². The van der Waals surface area contributed by atoms with Crippen molar-refractivity contribution >= 4 is 45.7 Å². The monoisotopic (exact) mass is 478 g/mol. The molecule has 1 unspecified atom stereocenters. The molecule has 0 spiro atoms. The Morgan fingerprint density at radius 2 is 1.61 bits per heavy atom. The maximum atomic E-state index is 13.8. The van der Waals surface area contributed by atoms with Crippen molar-refractivity contribution in [1.29, 1.82) is 0 Å². The molecule has 9 heteroatoms. The molecular formula is C24H19FN4O2S2. The second-order valence-corrected chi connectivity index (χ2v) is 9.34. The molecule has 33 heavy (non-hydrogen) atoms. The van der Waals surface area contributed by atoms with Crippen LogP contribution in [-0.4, -0.2) is 22.0 Å². The molecule has 2 N–H and O–H groups in total. The first-order valence-corrected chi connectivity index (χ1v) is 11.7. The van der Waals surface area contributed by atoms with Crippen LogP contribution in [0.3, 0.4) is 0 Å². The quantitative estimate of drug-likeness (QED) is 0.333. The van der Waals surface area contributed by atoms with E-state index in [4.69, 9.17) is 0 Å². The molecule has 0 bridgehead atoms. The average molecular weight is 479 g/mol. The molecule has 4 rings (SSSR count). The first-order chi connectivity index (χ1) is 16.0. The number of hydrogen-bond acceptors (Lipinski definition) is 6. The van der Waals surface area contributed by atoms with Crippen molar-refractivity contribution in [3.8, 4) is 0 Å². The van der Waals surface area contributed by atoms with E-state index < -0.39 is 17.0 Å². The van der Waals surface area contributed by atoms with Gasteiger partial charge >= 0.3 is 0 Å². The van der Waals surface area contributed by atoms with Crippen molar-refractivity contribution in [2.45, 2.75) is 17.1 Å². The molecule has 3 aromatic carbocycles. The van der Waals surface area contributed by atoms with Gasteiger partial charge in [0.05, 0.1) is 5.56 Å². The number of hydrogen-bond donors (Lipinski definition) is 2. The maximum absolute atomic E-state index is 13.8. The molecule has 4 aromatic rings. The third-order valence-corrected chi connectivity index (χ3v) is 6.60. The van der Waals surface area contributed by atoms with Crippen molar-refractivity contribution < 1.29 is 14.0 Å². The zero-order valence-corrected chi connectivity index (χ0v) is 19.1. The minimum Gasteiger partial charge on any atom is -0.322 e. The lowest BCUT2D eigenvalue weighted by Gasteiger charge is -2.16.